The summed E-state index contributed by atoms with van der Waals surface area (Å²) >= 11 is 0. The van der Waals surface area contributed by atoms with Crippen LogP contribution >= 0.6 is 0 Å². The van der Waals surface area contributed by atoms with Gasteiger partial charge in [-0.05, 0) is 30.7 Å². The summed E-state index contributed by atoms with van der Waals surface area (Å²) in [4.78, 5) is 63.0. The summed E-state index contributed by atoms with van der Waals surface area (Å²) < 4.78 is 0. The fourth-order valence-electron chi connectivity index (χ4n) is 4.06. The maximum atomic E-state index is 13.5. The Balaban J connectivity index is 2.12. The maximum Gasteiger partial charge on any atom is 0.326 e. The Morgan fingerprint density at radius 1 is 1.14 bits per heavy atom. The lowest BCUT2D eigenvalue weighted by Gasteiger charge is -2.32. The van der Waals surface area contributed by atoms with Gasteiger partial charge in [-0.25, -0.2) is 4.79 Å². The fraction of sp³-hybridized carbons (Fsp3) is 0.542. The van der Waals surface area contributed by atoms with Crippen molar-refractivity contribution in [3.8, 4) is 0 Å². The van der Waals surface area contributed by atoms with Gasteiger partial charge in [-0.3, -0.25) is 19.2 Å². The molecule has 1 fully saturated rings. The molecule has 192 valence electrons. The van der Waals surface area contributed by atoms with E-state index in [2.05, 4.69) is 10.6 Å². The number of nitrogens with two attached hydrogens (primary N) is 2. The summed E-state index contributed by atoms with van der Waals surface area (Å²) in [5, 5.41) is 14.3. The molecule has 0 radical (unpaired) electrons. The molecule has 0 bridgehead atoms. The van der Waals surface area contributed by atoms with Crippen LogP contribution in [0.25, 0.3) is 0 Å². The normalized spacial score (nSPS) is 18.7. The molecule has 11 heteroatoms. The number of nitrogens with one attached hydrogen (secondary N) is 2. The van der Waals surface area contributed by atoms with Crippen LogP contribution < -0.4 is 22.1 Å². The molecular weight excluding hydrogens is 454 g/mol. The second-order valence-corrected chi connectivity index (χ2v) is 8.93. The number of carboxylic acid groups (broad SMARTS) is 1. The number of benzene rings is 1. The molecule has 5 unspecified atom stereocenters. The van der Waals surface area contributed by atoms with Gasteiger partial charge in [0.2, 0.25) is 23.6 Å². The highest BCUT2D eigenvalue weighted by molar-refractivity contribution is 5.95. The number of carboxylic acids is 1. The standard InChI is InChI=1S/C24H35N5O6/c1-3-14(2)20(28-21(31)16(25)12-15-8-5-4-6-9-15)23(33)29-11-7-10-18(29)22(32)27-17(24(34)35)13-19(26)30/h4-6,8-9,14,16-18,20H,3,7,10-13,25H2,1-2H3,(H2,26,30)(H,27,32)(H,28,31)(H,34,35). The van der Waals surface area contributed by atoms with E-state index in [4.69, 9.17) is 11.5 Å². The van der Waals surface area contributed by atoms with Gasteiger partial charge in [0.05, 0.1) is 12.5 Å². The van der Waals surface area contributed by atoms with Crippen molar-refractivity contribution in [2.45, 2.75) is 70.1 Å². The first-order chi connectivity index (χ1) is 16.5. The minimum absolute atomic E-state index is 0.235. The van der Waals surface area contributed by atoms with Crippen LogP contribution in [-0.2, 0) is 30.4 Å². The zero-order chi connectivity index (χ0) is 26.1. The number of amides is 4. The fourth-order valence-corrected chi connectivity index (χ4v) is 4.06. The zero-order valence-electron chi connectivity index (χ0n) is 20.1. The molecule has 35 heavy (non-hydrogen) atoms. The maximum absolute atomic E-state index is 13.5. The van der Waals surface area contributed by atoms with Gasteiger partial charge in [0.25, 0.3) is 0 Å². The van der Waals surface area contributed by atoms with Gasteiger partial charge in [0, 0.05) is 6.54 Å². The summed E-state index contributed by atoms with van der Waals surface area (Å²) in [5.41, 5.74) is 12.1. The number of likely N-dealkylation sites (tertiary alicyclic amines) is 1. The number of rotatable bonds is 12. The highest BCUT2D eigenvalue weighted by Gasteiger charge is 2.40. The predicted octanol–water partition coefficient (Wildman–Crippen LogP) is -0.477. The van der Waals surface area contributed by atoms with E-state index in [-0.39, 0.29) is 12.5 Å². The van der Waals surface area contributed by atoms with E-state index >= 15 is 0 Å². The quantitative estimate of drug-likeness (QED) is 0.262. The summed E-state index contributed by atoms with van der Waals surface area (Å²) in [6.45, 7) is 3.99. The highest BCUT2D eigenvalue weighted by Crippen LogP contribution is 2.22. The molecule has 7 N–H and O–H groups in total. The van der Waals surface area contributed by atoms with Crippen LogP contribution in [-0.4, -0.2) is 70.3 Å². The Kier molecular flexibility index (Phi) is 10.2. The molecule has 1 aliphatic rings. The van der Waals surface area contributed by atoms with Gasteiger partial charge >= 0.3 is 5.97 Å². The van der Waals surface area contributed by atoms with Crippen molar-refractivity contribution in [3.05, 3.63) is 35.9 Å². The Labute approximate surface area is 204 Å². The summed E-state index contributed by atoms with van der Waals surface area (Å²) in [7, 11) is 0. The van der Waals surface area contributed by atoms with Gasteiger partial charge < -0.3 is 32.1 Å². The number of carbonyl (C=O) groups excluding carboxylic acids is 4. The van der Waals surface area contributed by atoms with Crippen molar-refractivity contribution in [2.24, 2.45) is 17.4 Å². The zero-order valence-corrected chi connectivity index (χ0v) is 20.1. The second-order valence-electron chi connectivity index (χ2n) is 8.93. The molecule has 1 heterocycles. The van der Waals surface area contributed by atoms with Crippen LogP contribution in [0.1, 0.15) is 45.1 Å². The number of aliphatic carboxylic acids is 1. The van der Waals surface area contributed by atoms with Crippen molar-refractivity contribution in [1.29, 1.82) is 0 Å². The topological polar surface area (TPSA) is 185 Å². The largest absolute Gasteiger partial charge is 0.480 e. The Morgan fingerprint density at radius 3 is 2.37 bits per heavy atom. The van der Waals surface area contributed by atoms with Gasteiger partial charge in [0.15, 0.2) is 0 Å². The van der Waals surface area contributed by atoms with Gasteiger partial charge in [0.1, 0.15) is 18.1 Å². The smallest absolute Gasteiger partial charge is 0.326 e. The first kappa shape index (κ1) is 27.8. The lowest BCUT2D eigenvalue weighted by atomic mass is 9.96. The highest BCUT2D eigenvalue weighted by atomic mass is 16.4. The average molecular weight is 490 g/mol. The monoisotopic (exact) mass is 489 g/mol. The lowest BCUT2D eigenvalue weighted by Crippen LogP contribution is -2.58. The van der Waals surface area contributed by atoms with Crippen molar-refractivity contribution in [2.75, 3.05) is 6.54 Å². The van der Waals surface area contributed by atoms with Crippen LogP contribution in [0.15, 0.2) is 30.3 Å². The van der Waals surface area contributed by atoms with Gasteiger partial charge in [-0.15, -0.1) is 0 Å². The molecule has 1 saturated heterocycles. The van der Waals surface area contributed by atoms with Crippen molar-refractivity contribution in [3.63, 3.8) is 0 Å². The third-order valence-electron chi connectivity index (χ3n) is 6.27. The van der Waals surface area contributed by atoms with Gasteiger partial charge in [-0.1, -0.05) is 50.6 Å². The number of primary amides is 1. The molecule has 4 amide bonds. The second kappa shape index (κ2) is 12.8. The summed E-state index contributed by atoms with van der Waals surface area (Å²) in [6.07, 6.45) is 1.20. The van der Waals surface area contributed by atoms with Crippen molar-refractivity contribution < 1.29 is 29.1 Å². The number of nitrogens with zero attached hydrogens (tertiary/aromatic N) is 1. The summed E-state index contributed by atoms with van der Waals surface area (Å²) in [6, 6.07) is 5.12. The number of hydrogen-bond acceptors (Lipinski definition) is 6. The number of carbonyl (C=O) groups is 5. The number of hydrogen-bond donors (Lipinski definition) is 5. The molecule has 11 nitrogen and oxygen atoms in total. The third-order valence-corrected chi connectivity index (χ3v) is 6.27. The molecule has 0 spiro atoms. The van der Waals surface area contributed by atoms with Crippen LogP contribution in [0, 0.1) is 5.92 Å². The van der Waals surface area contributed by atoms with Crippen LogP contribution in [0.4, 0.5) is 0 Å². The van der Waals surface area contributed by atoms with E-state index in [1.807, 2.05) is 44.2 Å². The molecule has 5 atom stereocenters. The predicted molar refractivity (Wildman–Crippen MR) is 128 cm³/mol. The van der Waals surface area contributed by atoms with Crippen molar-refractivity contribution >= 4 is 29.6 Å². The molecule has 0 aromatic heterocycles. The minimum Gasteiger partial charge on any atom is -0.480 e. The van der Waals surface area contributed by atoms with Gasteiger partial charge in [-0.2, -0.15) is 0 Å². The summed E-state index contributed by atoms with van der Waals surface area (Å²) in [5.74, 6) is -4.09. The first-order valence-corrected chi connectivity index (χ1v) is 11.8. The van der Waals surface area contributed by atoms with E-state index in [0.717, 1.165) is 5.56 Å². The van der Waals surface area contributed by atoms with Crippen LogP contribution in [0.3, 0.4) is 0 Å². The van der Waals surface area contributed by atoms with Crippen LogP contribution in [0.2, 0.25) is 0 Å². The minimum atomic E-state index is -1.49. The lowest BCUT2D eigenvalue weighted by molar-refractivity contribution is -0.146. The molecule has 0 saturated carbocycles. The molecule has 0 aliphatic carbocycles. The van der Waals surface area contributed by atoms with E-state index in [9.17, 15) is 29.1 Å². The SMILES string of the molecule is CCC(C)C(NC(=O)C(N)Cc1ccccc1)C(=O)N1CCCC1C(=O)NC(CC(N)=O)C(=O)O. The van der Waals surface area contributed by atoms with E-state index in [1.165, 1.54) is 4.90 Å². The Hall–Kier alpha value is -3.47. The molecule has 1 aromatic rings. The molecule has 2 rings (SSSR count). The van der Waals surface area contributed by atoms with Crippen LogP contribution in [0.5, 0.6) is 0 Å². The Bertz CT molecular complexity index is 924. The molecule has 1 aromatic carbocycles. The third kappa shape index (κ3) is 7.78. The molecule has 1 aliphatic heterocycles. The first-order valence-electron chi connectivity index (χ1n) is 11.8. The van der Waals surface area contributed by atoms with E-state index in [0.29, 0.717) is 25.7 Å². The average Bonchev–Trinajstić information content (AvgIpc) is 3.31. The van der Waals surface area contributed by atoms with Crippen molar-refractivity contribution in [1.82, 2.24) is 15.5 Å². The van der Waals surface area contributed by atoms with E-state index in [1.54, 1.807) is 0 Å². The Morgan fingerprint density at radius 2 is 1.80 bits per heavy atom. The van der Waals surface area contributed by atoms with E-state index < -0.39 is 60.2 Å². The molecular formula is C24H35N5O6.